The van der Waals surface area contributed by atoms with E-state index in [1.165, 1.54) is 11.8 Å². The van der Waals surface area contributed by atoms with Gasteiger partial charge in [-0.25, -0.2) is 0 Å². The van der Waals surface area contributed by atoms with Crippen molar-refractivity contribution in [3.8, 4) is 23.0 Å². The summed E-state index contributed by atoms with van der Waals surface area (Å²) in [6, 6.07) is 11.4. The Kier molecular flexibility index (Phi) is 6.50. The normalized spacial score (nSPS) is 11.0. The van der Waals surface area contributed by atoms with E-state index in [0.717, 1.165) is 17.0 Å². The maximum atomic E-state index is 13.1. The molecule has 0 aliphatic heterocycles. The van der Waals surface area contributed by atoms with Crippen molar-refractivity contribution in [3.63, 3.8) is 0 Å². The van der Waals surface area contributed by atoms with Gasteiger partial charge in [-0.2, -0.15) is 0 Å². The number of ketones is 1. The van der Waals surface area contributed by atoms with Crippen LogP contribution in [0.3, 0.4) is 0 Å². The summed E-state index contributed by atoms with van der Waals surface area (Å²) in [5.74, 6) is 2.99. The molecular weight excluding hydrogens is 438 g/mol. The molecule has 0 fully saturated rings. The third kappa shape index (κ3) is 4.36. The molecule has 3 aromatic heterocycles. The number of carbonyl (C=O) groups is 1. The number of benzene rings is 1. The predicted octanol–water partition coefficient (Wildman–Crippen LogP) is 4.82. The number of methoxy groups -OCH3 is 1. The number of nitrogens with zero attached hydrogens (tertiary/aromatic N) is 5. The van der Waals surface area contributed by atoms with E-state index in [0.29, 0.717) is 40.4 Å². The Balaban J connectivity index is 1.58. The summed E-state index contributed by atoms with van der Waals surface area (Å²) in [6.45, 7) is 10.1. The predicted molar refractivity (Wildman–Crippen MR) is 127 cm³/mol. The second-order valence-electron chi connectivity index (χ2n) is 7.53. The molecule has 0 saturated carbocycles. The lowest BCUT2D eigenvalue weighted by Crippen LogP contribution is -2.07. The van der Waals surface area contributed by atoms with Gasteiger partial charge in [-0.15, -0.1) is 16.8 Å². The van der Waals surface area contributed by atoms with Crippen molar-refractivity contribution in [1.29, 1.82) is 0 Å². The van der Waals surface area contributed by atoms with Crippen LogP contribution in [0.2, 0.25) is 0 Å². The zero-order valence-corrected chi connectivity index (χ0v) is 19.8. The van der Waals surface area contributed by atoms with Crippen molar-refractivity contribution in [3.05, 3.63) is 71.8 Å². The molecule has 4 aromatic rings. The van der Waals surface area contributed by atoms with Crippen molar-refractivity contribution < 1.29 is 14.1 Å². The third-order valence-electron chi connectivity index (χ3n) is 5.28. The highest BCUT2D eigenvalue weighted by atomic mass is 32.2. The van der Waals surface area contributed by atoms with E-state index in [-0.39, 0.29) is 11.5 Å². The Morgan fingerprint density at radius 2 is 2.00 bits per heavy atom. The smallest absolute Gasteiger partial charge is 0.192 e. The number of ether oxygens (including phenoxy) is 1. The summed E-state index contributed by atoms with van der Waals surface area (Å²) in [6.07, 6.45) is 1.78. The van der Waals surface area contributed by atoms with E-state index in [2.05, 4.69) is 21.9 Å². The molecule has 33 heavy (non-hydrogen) atoms. The number of allylic oxidation sites excluding steroid dienone is 1. The molecular formula is C24H25N5O3S. The van der Waals surface area contributed by atoms with Gasteiger partial charge in [0.25, 0.3) is 0 Å². The third-order valence-corrected chi connectivity index (χ3v) is 6.25. The summed E-state index contributed by atoms with van der Waals surface area (Å²) in [4.78, 5) is 13.1. The molecule has 0 aliphatic carbocycles. The quantitative estimate of drug-likeness (QED) is 0.200. The summed E-state index contributed by atoms with van der Waals surface area (Å²) in [5.41, 5.74) is 3.23. The molecule has 170 valence electrons. The highest BCUT2D eigenvalue weighted by Crippen LogP contribution is 2.31. The highest BCUT2D eigenvalue weighted by molar-refractivity contribution is 7.99. The van der Waals surface area contributed by atoms with E-state index in [9.17, 15) is 4.79 Å². The van der Waals surface area contributed by atoms with Crippen LogP contribution in [0.15, 0.2) is 58.7 Å². The average Bonchev–Trinajstić information content (AvgIpc) is 3.49. The van der Waals surface area contributed by atoms with Gasteiger partial charge in [0.2, 0.25) is 0 Å². The molecule has 0 saturated heterocycles. The Morgan fingerprint density at radius 1 is 1.21 bits per heavy atom. The first-order valence-electron chi connectivity index (χ1n) is 10.4. The van der Waals surface area contributed by atoms with Crippen LogP contribution in [0.5, 0.6) is 5.75 Å². The van der Waals surface area contributed by atoms with Gasteiger partial charge in [0.15, 0.2) is 22.6 Å². The minimum atomic E-state index is 0.00608. The molecule has 3 heterocycles. The SMILES string of the molecule is C=CCn1c(SCC(=O)c2cc(C)n(-c3cc(C)on3)c2C)nnc1-c1ccccc1OC. The first-order chi connectivity index (χ1) is 15.9. The molecule has 0 radical (unpaired) electrons. The van der Waals surface area contributed by atoms with Crippen LogP contribution < -0.4 is 4.74 Å². The molecule has 0 spiro atoms. The summed E-state index contributed by atoms with van der Waals surface area (Å²) >= 11 is 1.35. The van der Waals surface area contributed by atoms with E-state index in [4.69, 9.17) is 9.26 Å². The second kappa shape index (κ2) is 9.50. The number of para-hydroxylation sites is 1. The van der Waals surface area contributed by atoms with Crippen LogP contribution in [-0.2, 0) is 6.54 Å². The van der Waals surface area contributed by atoms with Crippen LogP contribution in [0, 0.1) is 20.8 Å². The van der Waals surface area contributed by atoms with Gasteiger partial charge in [-0.1, -0.05) is 35.1 Å². The molecule has 8 nitrogen and oxygen atoms in total. The molecule has 4 rings (SSSR count). The number of rotatable bonds is 9. The number of aryl methyl sites for hydroxylation is 2. The van der Waals surface area contributed by atoms with Gasteiger partial charge in [-0.05, 0) is 39.0 Å². The lowest BCUT2D eigenvalue weighted by Gasteiger charge is -2.10. The fourth-order valence-electron chi connectivity index (χ4n) is 3.78. The topological polar surface area (TPSA) is 88.0 Å². The van der Waals surface area contributed by atoms with Crippen molar-refractivity contribution >= 4 is 17.5 Å². The van der Waals surface area contributed by atoms with Gasteiger partial charge in [0.1, 0.15) is 11.5 Å². The average molecular weight is 464 g/mol. The fourth-order valence-corrected chi connectivity index (χ4v) is 4.61. The molecule has 0 bridgehead atoms. The van der Waals surface area contributed by atoms with Crippen molar-refractivity contribution in [2.24, 2.45) is 0 Å². The van der Waals surface area contributed by atoms with Gasteiger partial charge in [0, 0.05) is 29.6 Å². The van der Waals surface area contributed by atoms with Crippen LogP contribution in [-0.4, -0.2) is 43.1 Å². The molecule has 0 N–H and O–H groups in total. The summed E-state index contributed by atoms with van der Waals surface area (Å²) in [5, 5.41) is 13.4. The number of hydrogen-bond acceptors (Lipinski definition) is 7. The van der Waals surface area contributed by atoms with Crippen molar-refractivity contribution in [2.45, 2.75) is 32.5 Å². The van der Waals surface area contributed by atoms with Gasteiger partial charge >= 0.3 is 0 Å². The maximum absolute atomic E-state index is 13.1. The standard InChI is InChI=1S/C24H25N5O3S/c1-6-11-28-23(18-9-7-8-10-21(18)31-5)25-26-24(28)33-14-20(30)19-12-15(2)29(17(19)4)22-13-16(3)32-27-22/h6-10,12-13H,1,11,14H2,2-5H3. The lowest BCUT2D eigenvalue weighted by atomic mass is 10.2. The zero-order valence-electron chi connectivity index (χ0n) is 19.0. The Labute approximate surface area is 196 Å². The van der Waals surface area contributed by atoms with E-state index < -0.39 is 0 Å². The Morgan fingerprint density at radius 3 is 2.70 bits per heavy atom. The summed E-state index contributed by atoms with van der Waals surface area (Å²) < 4.78 is 14.5. The number of aromatic nitrogens is 5. The number of hydrogen-bond donors (Lipinski definition) is 0. The fraction of sp³-hybridized carbons (Fsp3) is 0.250. The van der Waals surface area contributed by atoms with Crippen LogP contribution >= 0.6 is 11.8 Å². The molecule has 0 amide bonds. The number of Topliss-reactive ketones (excluding diaryl/α,β-unsaturated/α-hetero) is 1. The van der Waals surface area contributed by atoms with Gasteiger partial charge in [-0.3, -0.25) is 13.9 Å². The molecule has 0 atom stereocenters. The van der Waals surface area contributed by atoms with Crippen molar-refractivity contribution in [2.75, 3.05) is 12.9 Å². The lowest BCUT2D eigenvalue weighted by molar-refractivity contribution is 0.102. The molecule has 0 aliphatic rings. The minimum absolute atomic E-state index is 0.00608. The number of carbonyl (C=O) groups excluding carboxylic acids is 1. The molecule has 1 aromatic carbocycles. The maximum Gasteiger partial charge on any atom is 0.192 e. The van der Waals surface area contributed by atoms with Gasteiger partial charge < -0.3 is 9.26 Å². The molecule has 9 heteroatoms. The van der Waals surface area contributed by atoms with Crippen LogP contribution in [0.1, 0.15) is 27.5 Å². The monoisotopic (exact) mass is 463 g/mol. The largest absolute Gasteiger partial charge is 0.496 e. The zero-order chi connectivity index (χ0) is 23.5. The number of thioether (sulfide) groups is 1. The minimum Gasteiger partial charge on any atom is -0.496 e. The first kappa shape index (κ1) is 22.6. The van der Waals surface area contributed by atoms with E-state index >= 15 is 0 Å². The summed E-state index contributed by atoms with van der Waals surface area (Å²) in [7, 11) is 1.62. The van der Waals surface area contributed by atoms with Crippen LogP contribution in [0.4, 0.5) is 0 Å². The first-order valence-corrected chi connectivity index (χ1v) is 11.4. The van der Waals surface area contributed by atoms with Gasteiger partial charge in [0.05, 0.1) is 18.4 Å². The Bertz CT molecular complexity index is 1320. The second-order valence-corrected chi connectivity index (χ2v) is 8.48. The van der Waals surface area contributed by atoms with Crippen molar-refractivity contribution in [1.82, 2.24) is 24.5 Å². The van der Waals surface area contributed by atoms with E-state index in [1.54, 1.807) is 13.2 Å². The highest BCUT2D eigenvalue weighted by Gasteiger charge is 2.21. The molecule has 0 unspecified atom stereocenters. The Hall–Kier alpha value is -3.59. The van der Waals surface area contributed by atoms with E-state index in [1.807, 2.05) is 66.3 Å². The van der Waals surface area contributed by atoms with Crippen LogP contribution in [0.25, 0.3) is 17.2 Å².